The van der Waals surface area contributed by atoms with Gasteiger partial charge in [0.15, 0.2) is 0 Å². The zero-order valence-corrected chi connectivity index (χ0v) is 14.4. The fraction of sp³-hybridized carbons (Fsp3) is 0.529. The summed E-state index contributed by atoms with van der Waals surface area (Å²) in [5.41, 5.74) is 0.969. The van der Waals surface area contributed by atoms with Crippen LogP contribution in [0, 0.1) is 0 Å². The topological polar surface area (TPSA) is 87.7 Å². The molecule has 0 aromatic heterocycles. The SMILES string of the molecule is CC(=O)N[C@H]1CC[C@H](CC(=O)NCc2ccc(Cl)cc2)O[C@@H]1CO. The number of rotatable bonds is 6. The molecule has 1 aromatic rings. The predicted molar refractivity (Wildman–Crippen MR) is 90.5 cm³/mol. The maximum atomic E-state index is 12.1. The number of benzene rings is 1. The van der Waals surface area contributed by atoms with Gasteiger partial charge >= 0.3 is 0 Å². The monoisotopic (exact) mass is 354 g/mol. The fourth-order valence-electron chi connectivity index (χ4n) is 2.79. The number of hydrogen-bond donors (Lipinski definition) is 3. The number of carbonyl (C=O) groups excluding carboxylic acids is 2. The van der Waals surface area contributed by atoms with Gasteiger partial charge in [0.05, 0.1) is 25.2 Å². The molecule has 1 saturated heterocycles. The molecule has 1 aliphatic rings. The molecule has 0 radical (unpaired) electrons. The maximum Gasteiger partial charge on any atom is 0.222 e. The average molecular weight is 355 g/mol. The van der Waals surface area contributed by atoms with E-state index in [0.717, 1.165) is 5.56 Å². The predicted octanol–water partition coefficient (Wildman–Crippen LogP) is 1.39. The van der Waals surface area contributed by atoms with Crippen LogP contribution in [0.4, 0.5) is 0 Å². The molecule has 7 heteroatoms. The Bertz CT molecular complexity index is 564. The second-order valence-corrected chi connectivity index (χ2v) is 6.41. The van der Waals surface area contributed by atoms with E-state index in [0.29, 0.717) is 24.4 Å². The molecule has 0 unspecified atom stereocenters. The van der Waals surface area contributed by atoms with Gasteiger partial charge < -0.3 is 20.5 Å². The van der Waals surface area contributed by atoms with Crippen LogP contribution in [0.15, 0.2) is 24.3 Å². The average Bonchev–Trinajstić information content (AvgIpc) is 2.55. The molecule has 3 atom stereocenters. The number of carbonyl (C=O) groups is 2. The zero-order valence-electron chi connectivity index (χ0n) is 13.6. The van der Waals surface area contributed by atoms with Crippen molar-refractivity contribution in [2.75, 3.05) is 6.61 Å². The van der Waals surface area contributed by atoms with E-state index in [-0.39, 0.29) is 37.0 Å². The Kier molecular flexibility index (Phi) is 7.02. The van der Waals surface area contributed by atoms with Crippen LogP contribution in [0.5, 0.6) is 0 Å². The molecular weight excluding hydrogens is 332 g/mol. The van der Waals surface area contributed by atoms with E-state index in [1.807, 2.05) is 12.1 Å². The lowest BCUT2D eigenvalue weighted by atomic mass is 9.97. The Morgan fingerprint density at radius 3 is 2.62 bits per heavy atom. The first-order valence-corrected chi connectivity index (χ1v) is 8.40. The van der Waals surface area contributed by atoms with E-state index < -0.39 is 6.10 Å². The lowest BCUT2D eigenvalue weighted by Gasteiger charge is -2.35. The molecule has 1 aliphatic heterocycles. The molecule has 3 N–H and O–H groups in total. The van der Waals surface area contributed by atoms with Crippen molar-refractivity contribution in [3.63, 3.8) is 0 Å². The molecular formula is C17H23ClN2O4. The van der Waals surface area contributed by atoms with E-state index in [1.54, 1.807) is 12.1 Å². The number of halogens is 1. The second kappa shape index (κ2) is 9.01. The van der Waals surface area contributed by atoms with Gasteiger partial charge in [-0.2, -0.15) is 0 Å². The van der Waals surface area contributed by atoms with Crippen molar-refractivity contribution in [1.82, 2.24) is 10.6 Å². The van der Waals surface area contributed by atoms with Gasteiger partial charge in [-0.25, -0.2) is 0 Å². The maximum absolute atomic E-state index is 12.1. The molecule has 0 spiro atoms. The molecule has 2 amide bonds. The van der Waals surface area contributed by atoms with Crippen molar-refractivity contribution in [2.24, 2.45) is 0 Å². The summed E-state index contributed by atoms with van der Waals surface area (Å²) in [6.45, 7) is 1.68. The van der Waals surface area contributed by atoms with Crippen molar-refractivity contribution in [2.45, 2.75) is 51.0 Å². The number of hydrogen-bond acceptors (Lipinski definition) is 4. The molecule has 6 nitrogen and oxygen atoms in total. The number of ether oxygens (including phenoxy) is 1. The molecule has 0 bridgehead atoms. The Labute approximate surface area is 146 Å². The van der Waals surface area contributed by atoms with Gasteiger partial charge in [-0.1, -0.05) is 23.7 Å². The highest BCUT2D eigenvalue weighted by molar-refractivity contribution is 6.30. The van der Waals surface area contributed by atoms with Crippen LogP contribution >= 0.6 is 11.6 Å². The van der Waals surface area contributed by atoms with Crippen molar-refractivity contribution in [3.8, 4) is 0 Å². The van der Waals surface area contributed by atoms with Gasteiger partial charge in [0.25, 0.3) is 0 Å². The van der Waals surface area contributed by atoms with Gasteiger partial charge in [0, 0.05) is 18.5 Å². The zero-order chi connectivity index (χ0) is 17.5. The highest BCUT2D eigenvalue weighted by Gasteiger charge is 2.32. The van der Waals surface area contributed by atoms with Crippen LogP contribution < -0.4 is 10.6 Å². The van der Waals surface area contributed by atoms with Crippen molar-refractivity contribution < 1.29 is 19.4 Å². The Hall–Kier alpha value is -1.63. The summed E-state index contributed by atoms with van der Waals surface area (Å²) in [6, 6.07) is 7.07. The van der Waals surface area contributed by atoms with Gasteiger partial charge in [-0.3, -0.25) is 9.59 Å². The van der Waals surface area contributed by atoms with E-state index in [2.05, 4.69) is 10.6 Å². The van der Waals surface area contributed by atoms with E-state index >= 15 is 0 Å². The van der Waals surface area contributed by atoms with Crippen LogP contribution in [0.2, 0.25) is 5.02 Å². The van der Waals surface area contributed by atoms with Gasteiger partial charge in [0.2, 0.25) is 11.8 Å². The number of nitrogens with one attached hydrogen (secondary N) is 2. The quantitative estimate of drug-likeness (QED) is 0.720. The summed E-state index contributed by atoms with van der Waals surface area (Å²) in [7, 11) is 0. The molecule has 1 heterocycles. The largest absolute Gasteiger partial charge is 0.394 e. The van der Waals surface area contributed by atoms with Crippen LogP contribution in [0.25, 0.3) is 0 Å². The number of aliphatic hydroxyl groups excluding tert-OH is 1. The minimum atomic E-state index is -0.475. The van der Waals surface area contributed by atoms with E-state index in [4.69, 9.17) is 16.3 Å². The highest BCUT2D eigenvalue weighted by Crippen LogP contribution is 2.22. The third-order valence-corrected chi connectivity index (χ3v) is 4.25. The van der Waals surface area contributed by atoms with Gasteiger partial charge in [-0.15, -0.1) is 0 Å². The van der Waals surface area contributed by atoms with Crippen molar-refractivity contribution in [3.05, 3.63) is 34.9 Å². The minimum Gasteiger partial charge on any atom is -0.394 e. The molecule has 1 fully saturated rings. The first-order chi connectivity index (χ1) is 11.5. The van der Waals surface area contributed by atoms with Crippen molar-refractivity contribution in [1.29, 1.82) is 0 Å². The summed E-state index contributed by atoms with van der Waals surface area (Å²) in [4.78, 5) is 23.2. The smallest absolute Gasteiger partial charge is 0.222 e. The van der Waals surface area contributed by atoms with Crippen LogP contribution in [0.3, 0.4) is 0 Å². The van der Waals surface area contributed by atoms with Gasteiger partial charge in [0.1, 0.15) is 6.10 Å². The van der Waals surface area contributed by atoms with Crippen molar-refractivity contribution >= 4 is 23.4 Å². The van der Waals surface area contributed by atoms with Crippen LogP contribution in [-0.4, -0.2) is 41.8 Å². The molecule has 132 valence electrons. The fourth-order valence-corrected chi connectivity index (χ4v) is 2.92. The molecule has 0 aliphatic carbocycles. The summed E-state index contributed by atoms with van der Waals surface area (Å²) in [6.07, 6.45) is 0.848. The standard InChI is InChI=1S/C17H23ClN2O4/c1-11(22)20-15-7-6-14(24-16(15)10-21)8-17(23)19-9-12-2-4-13(18)5-3-12/h2-5,14-16,21H,6-10H2,1H3,(H,19,23)(H,20,22)/t14-,15+,16-/m1/s1. The normalized spacial score (nSPS) is 23.5. The lowest BCUT2D eigenvalue weighted by molar-refractivity contribution is -0.135. The van der Waals surface area contributed by atoms with Crippen LogP contribution in [0.1, 0.15) is 31.7 Å². The summed E-state index contributed by atoms with van der Waals surface area (Å²) < 4.78 is 5.74. The first-order valence-electron chi connectivity index (χ1n) is 8.02. The van der Waals surface area contributed by atoms with E-state index in [9.17, 15) is 14.7 Å². The number of aliphatic hydroxyl groups is 1. The van der Waals surface area contributed by atoms with Crippen LogP contribution in [-0.2, 0) is 20.9 Å². The Morgan fingerprint density at radius 2 is 2.00 bits per heavy atom. The molecule has 1 aromatic carbocycles. The first kappa shape index (κ1) is 18.7. The third-order valence-electron chi connectivity index (χ3n) is 4.00. The van der Waals surface area contributed by atoms with E-state index in [1.165, 1.54) is 6.92 Å². The summed E-state index contributed by atoms with van der Waals surface area (Å²) in [5, 5.41) is 15.7. The second-order valence-electron chi connectivity index (χ2n) is 5.97. The highest BCUT2D eigenvalue weighted by atomic mass is 35.5. The lowest BCUT2D eigenvalue weighted by Crippen LogP contribution is -2.51. The Morgan fingerprint density at radius 1 is 1.29 bits per heavy atom. The summed E-state index contributed by atoms with van der Waals surface area (Å²) >= 11 is 5.82. The summed E-state index contributed by atoms with van der Waals surface area (Å²) in [5.74, 6) is -0.258. The third kappa shape index (κ3) is 5.78. The Balaban J connectivity index is 1.77. The molecule has 24 heavy (non-hydrogen) atoms. The molecule has 2 rings (SSSR count). The number of amides is 2. The minimum absolute atomic E-state index is 0.107. The molecule has 0 saturated carbocycles. The van der Waals surface area contributed by atoms with Gasteiger partial charge in [-0.05, 0) is 30.5 Å².